The lowest BCUT2D eigenvalue weighted by Gasteiger charge is -2.57. The van der Waals surface area contributed by atoms with Gasteiger partial charge < -0.3 is 15.1 Å². The molecule has 4 aliphatic rings. The van der Waals surface area contributed by atoms with Crippen LogP contribution in [-0.2, 0) is 14.4 Å². The van der Waals surface area contributed by atoms with Gasteiger partial charge in [-0.25, -0.2) is 4.79 Å². The molecule has 6 nitrogen and oxygen atoms in total. The number of carbonyl (C=O) groups excluding carboxylic acids is 1. The second-order valence-corrected chi connectivity index (χ2v) is 9.37. The molecule has 0 spiro atoms. The van der Waals surface area contributed by atoms with E-state index in [1.54, 1.807) is 6.08 Å². The lowest BCUT2D eigenvalue weighted by atomic mass is 9.47. The first-order valence-corrected chi connectivity index (χ1v) is 10.1. The molecule has 6 heteroatoms. The lowest BCUT2D eigenvalue weighted by Crippen LogP contribution is -2.53. The maximum Gasteiger partial charge on any atom is 0.344 e. The Morgan fingerprint density at radius 2 is 2.04 bits per heavy atom. The Hall–Kier alpha value is -1.69. The van der Waals surface area contributed by atoms with E-state index in [1.165, 1.54) is 0 Å². The Labute approximate surface area is 159 Å². The number of hydrogen-bond acceptors (Lipinski definition) is 5. The summed E-state index contributed by atoms with van der Waals surface area (Å²) >= 11 is 0. The Morgan fingerprint density at radius 3 is 2.78 bits per heavy atom. The number of oxime groups is 1. The molecule has 0 unspecified atom stereocenters. The van der Waals surface area contributed by atoms with Gasteiger partial charge in [-0.2, -0.15) is 0 Å². The first-order chi connectivity index (χ1) is 12.8. The van der Waals surface area contributed by atoms with Crippen molar-refractivity contribution >= 4 is 17.5 Å². The van der Waals surface area contributed by atoms with Crippen molar-refractivity contribution in [2.45, 2.75) is 64.9 Å². The average Bonchev–Trinajstić information content (AvgIpc) is 2.91. The number of ketones is 1. The van der Waals surface area contributed by atoms with Gasteiger partial charge in [-0.1, -0.05) is 19.0 Å². The van der Waals surface area contributed by atoms with Crippen molar-refractivity contribution in [3.8, 4) is 0 Å². The summed E-state index contributed by atoms with van der Waals surface area (Å²) in [6, 6.07) is 0. The van der Waals surface area contributed by atoms with Crippen LogP contribution in [0.2, 0.25) is 0 Å². The molecule has 4 aliphatic carbocycles. The molecule has 27 heavy (non-hydrogen) atoms. The normalized spacial score (nSPS) is 44.9. The highest BCUT2D eigenvalue weighted by molar-refractivity contribution is 6.08. The number of carboxylic acid groups (broad SMARTS) is 1. The molecule has 0 bridgehead atoms. The van der Waals surface area contributed by atoms with Crippen molar-refractivity contribution in [2.24, 2.45) is 33.7 Å². The number of nitrogens with zero attached hydrogens (tertiary/aromatic N) is 1. The number of rotatable bonds is 3. The number of aliphatic hydroxyl groups is 1. The number of hydrogen-bond donors (Lipinski definition) is 2. The summed E-state index contributed by atoms with van der Waals surface area (Å²) in [6.07, 6.45) is 7.50. The highest BCUT2D eigenvalue weighted by atomic mass is 16.6. The maximum atomic E-state index is 12.1. The fourth-order valence-electron chi connectivity index (χ4n) is 6.63. The van der Waals surface area contributed by atoms with Crippen LogP contribution in [0.4, 0.5) is 0 Å². The SMILES string of the molecule is C[C@]12CC[C@H]3[C@@H](CC(=NOCC(=O)O)C4=CC(=O)CC[C@@]43C)[C@@H]1CC[C@@H]2O. The van der Waals surface area contributed by atoms with E-state index in [-0.39, 0.29) is 22.7 Å². The smallest absolute Gasteiger partial charge is 0.344 e. The van der Waals surface area contributed by atoms with Crippen molar-refractivity contribution in [3.05, 3.63) is 11.6 Å². The first-order valence-electron chi connectivity index (χ1n) is 10.1. The molecule has 0 saturated heterocycles. The van der Waals surface area contributed by atoms with Crippen LogP contribution in [0.3, 0.4) is 0 Å². The van der Waals surface area contributed by atoms with Crippen LogP contribution in [0.25, 0.3) is 0 Å². The lowest BCUT2D eigenvalue weighted by molar-refractivity contribution is -0.142. The molecule has 3 saturated carbocycles. The monoisotopic (exact) mass is 375 g/mol. The highest BCUT2D eigenvalue weighted by Gasteiger charge is 2.60. The van der Waals surface area contributed by atoms with Crippen LogP contribution >= 0.6 is 0 Å². The van der Waals surface area contributed by atoms with Crippen LogP contribution in [-0.4, -0.2) is 40.4 Å². The van der Waals surface area contributed by atoms with Crippen molar-refractivity contribution in [1.82, 2.24) is 0 Å². The van der Waals surface area contributed by atoms with Crippen molar-refractivity contribution in [3.63, 3.8) is 0 Å². The van der Waals surface area contributed by atoms with Crippen molar-refractivity contribution < 1.29 is 24.6 Å². The minimum atomic E-state index is -1.06. The highest BCUT2D eigenvalue weighted by Crippen LogP contribution is 2.64. The number of fused-ring (bicyclic) bond motifs is 5. The van der Waals surface area contributed by atoms with Gasteiger partial charge in [0.15, 0.2) is 5.78 Å². The van der Waals surface area contributed by atoms with Gasteiger partial charge in [0.05, 0.1) is 11.8 Å². The molecule has 3 fully saturated rings. The van der Waals surface area contributed by atoms with Gasteiger partial charge in [0.25, 0.3) is 0 Å². The van der Waals surface area contributed by atoms with E-state index < -0.39 is 12.6 Å². The molecule has 4 rings (SSSR count). The van der Waals surface area contributed by atoms with E-state index in [2.05, 4.69) is 19.0 Å². The molecule has 0 aromatic carbocycles. The number of aliphatic carboxylic acids is 1. The van der Waals surface area contributed by atoms with Gasteiger partial charge in [-0.15, -0.1) is 0 Å². The largest absolute Gasteiger partial charge is 0.479 e. The molecule has 0 heterocycles. The standard InChI is InChI=1S/C21H29NO5/c1-20-7-5-12(23)9-16(20)17(22-27-11-19(25)26)10-13-14-3-4-18(24)21(14,2)8-6-15(13)20/h9,13-15,18,24H,3-8,10-11H2,1-2H3,(H,25,26)/t13-,14-,15-,18-,20+,21-/m0/s1. The second-order valence-electron chi connectivity index (χ2n) is 9.37. The number of allylic oxidation sites excluding steroid dienone is 1. The zero-order valence-corrected chi connectivity index (χ0v) is 16.1. The minimum Gasteiger partial charge on any atom is -0.479 e. The minimum absolute atomic E-state index is 0.0454. The number of aliphatic hydroxyl groups excluding tert-OH is 1. The van der Waals surface area contributed by atoms with Crippen LogP contribution in [0.15, 0.2) is 16.8 Å². The number of carbonyl (C=O) groups is 2. The average molecular weight is 375 g/mol. The van der Waals surface area contributed by atoms with Gasteiger partial charge in [0.1, 0.15) is 0 Å². The third-order valence-corrected chi connectivity index (χ3v) is 8.12. The molecule has 0 amide bonds. The Kier molecular flexibility index (Phi) is 4.45. The predicted octanol–water partition coefficient (Wildman–Crippen LogP) is 2.95. The topological polar surface area (TPSA) is 96.2 Å². The molecule has 0 aliphatic heterocycles. The van der Waals surface area contributed by atoms with E-state index in [4.69, 9.17) is 9.94 Å². The summed E-state index contributed by atoms with van der Waals surface area (Å²) in [7, 11) is 0. The number of carboxylic acids is 1. The van der Waals surface area contributed by atoms with Crippen molar-refractivity contribution in [2.75, 3.05) is 6.61 Å². The molecule has 0 aromatic rings. The quantitative estimate of drug-likeness (QED) is 0.740. The zero-order valence-electron chi connectivity index (χ0n) is 16.1. The molecule has 0 aromatic heterocycles. The third kappa shape index (κ3) is 2.84. The fraction of sp³-hybridized carbons (Fsp3) is 0.762. The Bertz CT molecular complexity index is 728. The van der Waals surface area contributed by atoms with Gasteiger partial charge in [-0.05, 0) is 78.8 Å². The predicted molar refractivity (Wildman–Crippen MR) is 99.1 cm³/mol. The van der Waals surface area contributed by atoms with Crippen LogP contribution in [0, 0.1) is 28.6 Å². The summed E-state index contributed by atoms with van der Waals surface area (Å²) in [6.45, 7) is 3.99. The van der Waals surface area contributed by atoms with Gasteiger partial charge >= 0.3 is 5.97 Å². The second kappa shape index (κ2) is 6.43. The first kappa shape index (κ1) is 18.7. The van der Waals surface area contributed by atoms with Gasteiger partial charge in [-0.3, -0.25) is 4.79 Å². The Balaban J connectivity index is 1.72. The summed E-state index contributed by atoms with van der Waals surface area (Å²) < 4.78 is 0. The van der Waals surface area contributed by atoms with E-state index in [0.29, 0.717) is 30.6 Å². The zero-order chi connectivity index (χ0) is 19.4. The van der Waals surface area contributed by atoms with E-state index in [1.807, 2.05) is 0 Å². The molecular weight excluding hydrogens is 346 g/mol. The maximum absolute atomic E-state index is 12.1. The summed E-state index contributed by atoms with van der Waals surface area (Å²) in [5, 5.41) is 23.6. The van der Waals surface area contributed by atoms with Gasteiger partial charge in [0, 0.05) is 6.42 Å². The summed E-state index contributed by atoms with van der Waals surface area (Å²) in [5.74, 6) is 0.353. The van der Waals surface area contributed by atoms with Crippen molar-refractivity contribution in [1.29, 1.82) is 0 Å². The molecule has 0 radical (unpaired) electrons. The third-order valence-electron chi connectivity index (χ3n) is 8.12. The molecular formula is C21H29NO5. The van der Waals surface area contributed by atoms with E-state index in [0.717, 1.165) is 43.4 Å². The molecule has 2 N–H and O–H groups in total. The fourth-order valence-corrected chi connectivity index (χ4v) is 6.63. The molecule has 148 valence electrons. The van der Waals surface area contributed by atoms with E-state index in [9.17, 15) is 14.7 Å². The van der Waals surface area contributed by atoms with Gasteiger partial charge in [0.2, 0.25) is 6.61 Å². The van der Waals surface area contributed by atoms with Crippen LogP contribution in [0.1, 0.15) is 58.8 Å². The summed E-state index contributed by atoms with van der Waals surface area (Å²) in [5.41, 5.74) is 1.51. The van der Waals surface area contributed by atoms with E-state index >= 15 is 0 Å². The Morgan fingerprint density at radius 1 is 1.26 bits per heavy atom. The van der Waals surface area contributed by atoms with Crippen LogP contribution in [0.5, 0.6) is 0 Å². The van der Waals surface area contributed by atoms with Crippen LogP contribution < -0.4 is 0 Å². The molecule has 6 atom stereocenters. The summed E-state index contributed by atoms with van der Waals surface area (Å²) in [4.78, 5) is 28.0.